The van der Waals surface area contributed by atoms with Crippen molar-refractivity contribution in [3.63, 3.8) is 0 Å². The van der Waals surface area contributed by atoms with Crippen molar-refractivity contribution >= 4 is 5.97 Å². The topological polar surface area (TPSA) is 88.2 Å². The third-order valence-corrected chi connectivity index (χ3v) is 6.30. The molecule has 6 heteroatoms. The van der Waals surface area contributed by atoms with Crippen LogP contribution in [0.15, 0.2) is 4.52 Å². The van der Waals surface area contributed by atoms with Gasteiger partial charge in [-0.1, -0.05) is 69.4 Å². The zero-order valence-corrected chi connectivity index (χ0v) is 16.5. The first kappa shape index (κ1) is 20.3. The molecule has 0 spiro atoms. The van der Waals surface area contributed by atoms with Crippen LogP contribution in [0.4, 0.5) is 0 Å². The minimum Gasteiger partial charge on any atom is -0.481 e. The highest BCUT2D eigenvalue weighted by Gasteiger charge is 2.23. The molecule has 1 atom stereocenters. The number of carbonyl (C=O) groups is 1. The molecule has 27 heavy (non-hydrogen) atoms. The molecule has 152 valence electrons. The maximum absolute atomic E-state index is 11.3. The van der Waals surface area contributed by atoms with Gasteiger partial charge < -0.3 is 14.9 Å². The van der Waals surface area contributed by atoms with Crippen LogP contribution in [0.3, 0.4) is 0 Å². The van der Waals surface area contributed by atoms with Gasteiger partial charge in [0.05, 0.1) is 13.0 Å². The molecular weight excluding hydrogens is 342 g/mol. The van der Waals surface area contributed by atoms with E-state index in [1.54, 1.807) is 0 Å². The van der Waals surface area contributed by atoms with Gasteiger partial charge in [-0.2, -0.15) is 4.98 Å². The summed E-state index contributed by atoms with van der Waals surface area (Å²) in [6.45, 7) is 0.607. The van der Waals surface area contributed by atoms with E-state index in [2.05, 4.69) is 15.5 Å². The third kappa shape index (κ3) is 6.91. The fourth-order valence-electron chi connectivity index (χ4n) is 4.70. The lowest BCUT2D eigenvalue weighted by Crippen LogP contribution is -2.30. The molecule has 2 aliphatic carbocycles. The predicted octanol–water partition coefficient (Wildman–Crippen LogP) is 4.80. The minimum atomic E-state index is -0.794. The molecule has 2 aliphatic rings. The molecule has 0 aliphatic heterocycles. The predicted molar refractivity (Wildman–Crippen MR) is 103 cm³/mol. The van der Waals surface area contributed by atoms with E-state index in [1.807, 2.05) is 0 Å². The number of carboxylic acid groups (broad SMARTS) is 1. The summed E-state index contributed by atoms with van der Waals surface area (Å²) in [4.78, 5) is 15.8. The maximum atomic E-state index is 11.3. The number of nitrogens with zero attached hydrogens (tertiary/aromatic N) is 2. The van der Waals surface area contributed by atoms with Gasteiger partial charge in [-0.25, -0.2) is 0 Å². The van der Waals surface area contributed by atoms with Crippen LogP contribution >= 0.6 is 0 Å². The summed E-state index contributed by atoms with van der Waals surface area (Å²) >= 11 is 0. The van der Waals surface area contributed by atoms with Crippen molar-refractivity contribution in [1.29, 1.82) is 0 Å². The van der Waals surface area contributed by atoms with Gasteiger partial charge in [0.15, 0.2) is 5.82 Å². The molecule has 1 aromatic rings. The normalized spacial score (nSPS) is 20.6. The van der Waals surface area contributed by atoms with E-state index in [4.69, 9.17) is 4.52 Å². The number of hydrogen-bond acceptors (Lipinski definition) is 5. The van der Waals surface area contributed by atoms with E-state index in [1.165, 1.54) is 70.6 Å². The number of rotatable bonds is 10. The Hall–Kier alpha value is -1.43. The molecule has 0 unspecified atom stereocenters. The van der Waals surface area contributed by atoms with Gasteiger partial charge in [0.1, 0.15) is 0 Å². The Morgan fingerprint density at radius 2 is 1.81 bits per heavy atom. The summed E-state index contributed by atoms with van der Waals surface area (Å²) in [6, 6.07) is 0.547. The Labute approximate surface area is 162 Å². The highest BCUT2D eigenvalue weighted by Crippen LogP contribution is 2.31. The fourth-order valence-corrected chi connectivity index (χ4v) is 4.70. The molecule has 0 radical (unpaired) electrons. The number of hydrogen-bond donors (Lipinski definition) is 2. The van der Waals surface area contributed by atoms with Crippen LogP contribution in [0.5, 0.6) is 0 Å². The largest absolute Gasteiger partial charge is 0.481 e. The van der Waals surface area contributed by atoms with E-state index < -0.39 is 5.97 Å². The second-order valence-corrected chi connectivity index (χ2v) is 8.49. The lowest BCUT2D eigenvalue weighted by atomic mass is 9.84. The maximum Gasteiger partial charge on any atom is 0.304 e. The SMILES string of the molecule is O=C(O)C[C@@H](CCCC1CCCCC1)c1nc(CNC2CCCCC2)no1. The Balaban J connectivity index is 1.47. The molecule has 3 rings (SSSR count). The second kappa shape index (κ2) is 10.8. The Bertz CT molecular complexity index is 563. The summed E-state index contributed by atoms with van der Waals surface area (Å²) in [5, 5.41) is 16.9. The standard InChI is InChI=1S/C21H35N3O3/c25-20(26)14-17(11-7-10-16-8-3-1-4-9-16)21-23-19(24-27-21)15-22-18-12-5-2-6-13-18/h16-18,22H,1-15H2,(H,25,26)/t17-/m1/s1. The lowest BCUT2D eigenvalue weighted by molar-refractivity contribution is -0.137. The summed E-state index contributed by atoms with van der Waals surface area (Å²) in [7, 11) is 0. The molecule has 0 bridgehead atoms. The van der Waals surface area contributed by atoms with Crippen LogP contribution < -0.4 is 5.32 Å². The number of aliphatic carboxylic acids is 1. The van der Waals surface area contributed by atoms with Gasteiger partial charge in [-0.3, -0.25) is 4.79 Å². The number of aromatic nitrogens is 2. The monoisotopic (exact) mass is 377 g/mol. The van der Waals surface area contributed by atoms with Crippen molar-refractivity contribution in [3.05, 3.63) is 11.7 Å². The van der Waals surface area contributed by atoms with E-state index in [9.17, 15) is 9.90 Å². The first-order valence-electron chi connectivity index (χ1n) is 11.0. The molecule has 0 amide bonds. The average Bonchev–Trinajstić information content (AvgIpc) is 3.16. The van der Waals surface area contributed by atoms with Gasteiger partial charge in [-0.15, -0.1) is 0 Å². The molecule has 6 nitrogen and oxygen atoms in total. The van der Waals surface area contributed by atoms with E-state index >= 15 is 0 Å². The van der Waals surface area contributed by atoms with Crippen LogP contribution in [0.25, 0.3) is 0 Å². The number of carboxylic acids is 1. The molecule has 2 saturated carbocycles. The van der Waals surface area contributed by atoms with Gasteiger partial charge >= 0.3 is 5.97 Å². The van der Waals surface area contributed by atoms with Gasteiger partial charge in [0, 0.05) is 12.0 Å². The molecule has 2 N–H and O–H groups in total. The molecule has 1 heterocycles. The average molecular weight is 378 g/mol. The smallest absolute Gasteiger partial charge is 0.304 e. The molecule has 1 aromatic heterocycles. The van der Waals surface area contributed by atoms with E-state index in [0.29, 0.717) is 24.3 Å². The van der Waals surface area contributed by atoms with Crippen molar-refractivity contribution in [2.24, 2.45) is 5.92 Å². The van der Waals surface area contributed by atoms with Crippen LogP contribution in [0.1, 0.15) is 108 Å². The van der Waals surface area contributed by atoms with Gasteiger partial charge in [0.25, 0.3) is 0 Å². The van der Waals surface area contributed by atoms with Gasteiger partial charge in [-0.05, 0) is 25.2 Å². The van der Waals surface area contributed by atoms with Crippen molar-refractivity contribution in [2.45, 2.75) is 108 Å². The highest BCUT2D eigenvalue weighted by molar-refractivity contribution is 5.67. The van der Waals surface area contributed by atoms with E-state index in [0.717, 1.165) is 18.8 Å². The zero-order chi connectivity index (χ0) is 18.9. The molecule has 0 aromatic carbocycles. The summed E-state index contributed by atoms with van der Waals surface area (Å²) in [6.07, 6.45) is 16.2. The number of nitrogens with one attached hydrogen (secondary N) is 1. The summed E-state index contributed by atoms with van der Waals surface area (Å²) < 4.78 is 5.45. The summed E-state index contributed by atoms with van der Waals surface area (Å²) in [5.41, 5.74) is 0. The Morgan fingerprint density at radius 3 is 2.52 bits per heavy atom. The summed E-state index contributed by atoms with van der Waals surface area (Å²) in [5.74, 6) is 1.02. The fraction of sp³-hybridized carbons (Fsp3) is 0.857. The minimum absolute atomic E-state index is 0.0718. The third-order valence-electron chi connectivity index (χ3n) is 6.30. The molecule has 0 saturated heterocycles. The van der Waals surface area contributed by atoms with Crippen LogP contribution in [0.2, 0.25) is 0 Å². The first-order chi connectivity index (χ1) is 13.2. The first-order valence-corrected chi connectivity index (χ1v) is 11.0. The molecular formula is C21H35N3O3. The second-order valence-electron chi connectivity index (χ2n) is 8.49. The lowest BCUT2D eigenvalue weighted by Gasteiger charge is -2.22. The van der Waals surface area contributed by atoms with Crippen molar-refractivity contribution < 1.29 is 14.4 Å². The van der Waals surface area contributed by atoms with Crippen molar-refractivity contribution in [2.75, 3.05) is 0 Å². The van der Waals surface area contributed by atoms with Crippen LogP contribution in [0, 0.1) is 5.92 Å². The van der Waals surface area contributed by atoms with Crippen LogP contribution in [-0.2, 0) is 11.3 Å². The zero-order valence-electron chi connectivity index (χ0n) is 16.5. The Kier molecular flexibility index (Phi) is 8.11. The Morgan fingerprint density at radius 1 is 1.11 bits per heavy atom. The van der Waals surface area contributed by atoms with Crippen molar-refractivity contribution in [1.82, 2.24) is 15.5 Å². The molecule has 2 fully saturated rings. The van der Waals surface area contributed by atoms with Crippen molar-refractivity contribution in [3.8, 4) is 0 Å². The van der Waals surface area contributed by atoms with Crippen LogP contribution in [-0.4, -0.2) is 27.3 Å². The highest BCUT2D eigenvalue weighted by atomic mass is 16.5. The quantitative estimate of drug-likeness (QED) is 0.609. The van der Waals surface area contributed by atoms with Gasteiger partial charge in [0.2, 0.25) is 5.89 Å². The van der Waals surface area contributed by atoms with E-state index in [-0.39, 0.29) is 12.3 Å².